The van der Waals surface area contributed by atoms with E-state index in [2.05, 4.69) is 36.0 Å². The minimum Gasteiger partial charge on any atom is -0.494 e. The fourth-order valence-corrected chi connectivity index (χ4v) is 11.2. The van der Waals surface area contributed by atoms with Crippen molar-refractivity contribution in [1.29, 1.82) is 0 Å². The van der Waals surface area contributed by atoms with Crippen molar-refractivity contribution in [1.82, 2.24) is 9.80 Å². The van der Waals surface area contributed by atoms with Crippen LogP contribution >= 0.6 is 27.7 Å². The van der Waals surface area contributed by atoms with Crippen molar-refractivity contribution in [3.8, 4) is 5.75 Å². The number of ether oxygens (including phenoxy) is 1. The van der Waals surface area contributed by atoms with Gasteiger partial charge in [0.1, 0.15) is 11.8 Å². The van der Waals surface area contributed by atoms with Crippen molar-refractivity contribution in [3.63, 3.8) is 0 Å². The van der Waals surface area contributed by atoms with Gasteiger partial charge in [0.25, 0.3) is 0 Å². The van der Waals surface area contributed by atoms with Gasteiger partial charge in [-0.05, 0) is 56.0 Å². The number of benzene rings is 2. The minimum atomic E-state index is -0.832. The van der Waals surface area contributed by atoms with Gasteiger partial charge >= 0.3 is 0 Å². The molecule has 2 aromatic carbocycles. The Morgan fingerprint density at radius 3 is 2.43 bits per heavy atom. The Hall–Kier alpha value is -3.08. The Morgan fingerprint density at radius 2 is 1.81 bits per heavy atom. The van der Waals surface area contributed by atoms with E-state index in [9.17, 15) is 19.5 Å². The molecule has 0 radical (unpaired) electrons. The van der Waals surface area contributed by atoms with Crippen LogP contribution in [-0.2, 0) is 20.8 Å². The fourth-order valence-electron chi connectivity index (χ4n) is 7.65. The molecule has 3 fully saturated rings. The van der Waals surface area contributed by atoms with Crippen LogP contribution in [0.5, 0.6) is 5.75 Å². The summed E-state index contributed by atoms with van der Waals surface area (Å²) in [6, 6.07) is 15.6. The molecule has 10 heteroatoms. The number of carbonyl (C=O) groups excluding carboxylic acids is 3. The second-order valence-electron chi connectivity index (χ2n) is 12.5. The zero-order chi connectivity index (χ0) is 33.7. The number of aliphatic hydroxyl groups excluding tert-OH is 1. The lowest BCUT2D eigenvalue weighted by Crippen LogP contribution is -2.58. The van der Waals surface area contributed by atoms with Crippen molar-refractivity contribution >= 4 is 51.1 Å². The van der Waals surface area contributed by atoms with Crippen molar-refractivity contribution in [2.24, 2.45) is 11.8 Å². The molecule has 3 saturated heterocycles. The number of halogens is 1. The SMILES string of the molecule is C=CCN(CCCC)C(=O)C1N([C@@H](CO)Cc2ccccc2)C(=O)[C@@H]2[C@H](C(=O)N(CC=C)c3ccc(OCC)cc3)[C@H]3SC12CC3Br. The van der Waals surface area contributed by atoms with E-state index in [1.54, 1.807) is 38.6 Å². The number of rotatable bonds is 16. The summed E-state index contributed by atoms with van der Waals surface area (Å²) in [5.41, 5.74) is 1.65. The Kier molecular flexibility index (Phi) is 11.6. The first-order valence-corrected chi connectivity index (χ1v) is 18.4. The van der Waals surface area contributed by atoms with Crippen LogP contribution in [0.15, 0.2) is 79.9 Å². The maximum atomic E-state index is 14.9. The summed E-state index contributed by atoms with van der Waals surface area (Å²) in [4.78, 5) is 49.5. The lowest BCUT2D eigenvalue weighted by atomic mass is 9.70. The van der Waals surface area contributed by atoms with Gasteiger partial charge in [-0.2, -0.15) is 0 Å². The number of carbonyl (C=O) groups is 3. The molecule has 3 heterocycles. The van der Waals surface area contributed by atoms with E-state index in [0.29, 0.717) is 44.0 Å². The van der Waals surface area contributed by atoms with Crippen LogP contribution in [0.3, 0.4) is 0 Å². The molecule has 8 nitrogen and oxygen atoms in total. The van der Waals surface area contributed by atoms with E-state index < -0.39 is 28.7 Å². The van der Waals surface area contributed by atoms with Crippen LogP contribution in [0.4, 0.5) is 5.69 Å². The molecule has 3 aliphatic rings. The molecule has 0 aromatic heterocycles. The predicted octanol–water partition coefficient (Wildman–Crippen LogP) is 5.49. The second-order valence-corrected chi connectivity index (χ2v) is 15.2. The summed E-state index contributed by atoms with van der Waals surface area (Å²) >= 11 is 5.51. The van der Waals surface area contributed by atoms with Gasteiger partial charge < -0.3 is 24.5 Å². The number of alkyl halides is 1. The Labute approximate surface area is 291 Å². The van der Waals surface area contributed by atoms with Crippen LogP contribution in [0.2, 0.25) is 0 Å². The predicted molar refractivity (Wildman–Crippen MR) is 192 cm³/mol. The minimum absolute atomic E-state index is 0.0724. The van der Waals surface area contributed by atoms with E-state index in [0.717, 1.165) is 18.4 Å². The van der Waals surface area contributed by atoms with Gasteiger partial charge in [0, 0.05) is 35.4 Å². The number of likely N-dealkylation sites (tertiary alicyclic amines) is 1. The fraction of sp³-hybridized carbons (Fsp3) is 0.486. The first kappa shape index (κ1) is 35.2. The molecule has 3 aliphatic heterocycles. The molecular weight excluding hydrogens is 678 g/mol. The summed E-state index contributed by atoms with van der Waals surface area (Å²) < 4.78 is 4.79. The third-order valence-electron chi connectivity index (χ3n) is 9.64. The zero-order valence-electron chi connectivity index (χ0n) is 27.3. The molecule has 5 rings (SSSR count). The molecule has 47 heavy (non-hydrogen) atoms. The third kappa shape index (κ3) is 6.65. The van der Waals surface area contributed by atoms with Crippen molar-refractivity contribution in [3.05, 3.63) is 85.5 Å². The van der Waals surface area contributed by atoms with Crippen LogP contribution in [0.25, 0.3) is 0 Å². The van der Waals surface area contributed by atoms with Gasteiger partial charge in [0.15, 0.2) is 0 Å². The smallest absolute Gasteiger partial charge is 0.247 e. The molecular formula is C37H46BrN3O5S. The summed E-state index contributed by atoms with van der Waals surface area (Å²) in [5, 5.41) is 10.6. The normalized spacial score (nSPS) is 26.5. The van der Waals surface area contributed by atoms with Gasteiger partial charge in [-0.3, -0.25) is 14.4 Å². The number of thioether (sulfide) groups is 1. The van der Waals surface area contributed by atoms with Crippen molar-refractivity contribution in [2.75, 3.05) is 37.7 Å². The highest BCUT2D eigenvalue weighted by Crippen LogP contribution is 2.68. The molecule has 252 valence electrons. The number of hydrogen-bond acceptors (Lipinski definition) is 6. The molecule has 3 unspecified atom stereocenters. The number of anilines is 1. The highest BCUT2D eigenvalue weighted by Gasteiger charge is 2.76. The van der Waals surface area contributed by atoms with Crippen molar-refractivity contribution in [2.45, 2.75) is 66.4 Å². The van der Waals surface area contributed by atoms with Gasteiger partial charge in [0.05, 0.1) is 35.8 Å². The third-order valence-corrected chi connectivity index (χ3v) is 12.9. The standard InChI is InChI=1S/C37H46BrN3O5S/c1-5-9-21-39(19-6-2)36(45)33-37-23-29(38)32(47-37)30(34(43)40(20-7-3)26-15-17-28(18-16-26)46-8-4)31(37)35(44)41(33)27(24-42)22-25-13-11-10-12-14-25/h6-7,10-18,27,29-33,42H,2-3,5,8-9,19-24H2,1,4H3/t27-,29?,30+,31+,32+,33?,37?/m1/s1. The maximum Gasteiger partial charge on any atom is 0.247 e. The van der Waals surface area contributed by atoms with E-state index in [4.69, 9.17) is 4.74 Å². The molecule has 0 aliphatic carbocycles. The Balaban J connectivity index is 1.58. The average molecular weight is 725 g/mol. The van der Waals surface area contributed by atoms with Crippen molar-refractivity contribution < 1.29 is 24.2 Å². The topological polar surface area (TPSA) is 90.4 Å². The number of aliphatic hydroxyl groups is 1. The van der Waals surface area contributed by atoms with E-state index in [-0.39, 0.29) is 41.0 Å². The highest BCUT2D eigenvalue weighted by atomic mass is 79.9. The number of fused-ring (bicyclic) bond motifs is 1. The lowest BCUT2D eigenvalue weighted by Gasteiger charge is -2.40. The Bertz CT molecular complexity index is 1440. The van der Waals surface area contributed by atoms with Crippen LogP contribution < -0.4 is 9.64 Å². The molecule has 2 aromatic rings. The quantitative estimate of drug-likeness (QED) is 0.182. The van der Waals surface area contributed by atoms with Gasteiger partial charge in [-0.25, -0.2) is 0 Å². The Morgan fingerprint density at radius 1 is 1.11 bits per heavy atom. The lowest BCUT2D eigenvalue weighted by molar-refractivity contribution is -0.145. The van der Waals surface area contributed by atoms with E-state index in [1.165, 1.54) is 0 Å². The first-order chi connectivity index (χ1) is 22.8. The summed E-state index contributed by atoms with van der Waals surface area (Å²) in [6.45, 7) is 13.2. The van der Waals surface area contributed by atoms with Crippen LogP contribution in [0, 0.1) is 11.8 Å². The number of nitrogens with zero attached hydrogens (tertiary/aromatic N) is 3. The first-order valence-electron chi connectivity index (χ1n) is 16.6. The zero-order valence-corrected chi connectivity index (χ0v) is 29.7. The summed E-state index contributed by atoms with van der Waals surface area (Å²) in [7, 11) is 0. The van der Waals surface area contributed by atoms with Gasteiger partial charge in [-0.15, -0.1) is 24.9 Å². The van der Waals surface area contributed by atoms with Gasteiger partial charge in [-0.1, -0.05) is 71.8 Å². The van der Waals surface area contributed by atoms with E-state index in [1.807, 2.05) is 61.5 Å². The molecule has 1 spiro atoms. The molecule has 2 bridgehead atoms. The van der Waals surface area contributed by atoms with Gasteiger partial charge in [0.2, 0.25) is 17.7 Å². The molecule has 7 atom stereocenters. The summed E-state index contributed by atoms with van der Waals surface area (Å²) in [5.74, 6) is -1.22. The molecule has 3 amide bonds. The largest absolute Gasteiger partial charge is 0.494 e. The number of unbranched alkanes of at least 4 members (excludes halogenated alkanes) is 1. The maximum absolute atomic E-state index is 14.9. The summed E-state index contributed by atoms with van der Waals surface area (Å²) in [6.07, 6.45) is 6.11. The van der Waals surface area contributed by atoms with Crippen LogP contribution in [-0.4, -0.2) is 92.4 Å². The second kappa shape index (κ2) is 15.4. The number of amides is 3. The van der Waals surface area contributed by atoms with Crippen LogP contribution in [0.1, 0.15) is 38.7 Å². The average Bonchev–Trinajstić information content (AvgIpc) is 3.68. The highest BCUT2D eigenvalue weighted by molar-refractivity contribution is 9.09. The molecule has 1 N–H and O–H groups in total. The molecule has 0 saturated carbocycles. The number of hydrogen-bond donors (Lipinski definition) is 1. The monoisotopic (exact) mass is 723 g/mol. The van der Waals surface area contributed by atoms with E-state index >= 15 is 0 Å².